The van der Waals surface area contributed by atoms with Crippen molar-refractivity contribution in [3.63, 3.8) is 0 Å². The summed E-state index contributed by atoms with van der Waals surface area (Å²) in [6.07, 6.45) is 3.53. The lowest BCUT2D eigenvalue weighted by Gasteiger charge is -2.27. The summed E-state index contributed by atoms with van der Waals surface area (Å²) in [5.41, 5.74) is 5.76. The summed E-state index contributed by atoms with van der Waals surface area (Å²) in [5, 5.41) is 0. The minimum absolute atomic E-state index is 0. The Bertz CT molecular complexity index is 172. The van der Waals surface area contributed by atoms with Gasteiger partial charge < -0.3 is 20.7 Å². The Morgan fingerprint density at radius 2 is 1.86 bits per heavy atom. The van der Waals surface area contributed by atoms with Crippen LogP contribution in [0.25, 0.3) is 0 Å². The van der Waals surface area contributed by atoms with E-state index in [0.29, 0.717) is 0 Å². The molecule has 0 amide bonds. The van der Waals surface area contributed by atoms with E-state index in [0.717, 1.165) is 12.1 Å². The lowest BCUT2D eigenvalue weighted by molar-refractivity contribution is 0.243. The first-order chi connectivity index (χ1) is 6.14. The second kappa shape index (κ2) is 7.90. The molecule has 5 N–H and O–H groups in total. The highest BCUT2D eigenvalue weighted by Gasteiger charge is 2.35. The van der Waals surface area contributed by atoms with Crippen LogP contribution >= 0.6 is 0 Å². The van der Waals surface area contributed by atoms with E-state index in [1.165, 1.54) is 0 Å². The minimum atomic E-state index is -2.14. The van der Waals surface area contributed by atoms with Gasteiger partial charge in [-0.1, -0.05) is 12.2 Å². The van der Waals surface area contributed by atoms with E-state index in [9.17, 15) is 0 Å². The maximum atomic E-state index is 5.76. The van der Waals surface area contributed by atoms with Crippen LogP contribution in [0.4, 0.5) is 0 Å². The molecule has 0 aliphatic rings. The largest absolute Gasteiger partial charge is 0.397 e. The number of hydrogen-bond acceptors (Lipinski definition) is 4. The van der Waals surface area contributed by atoms with Gasteiger partial charge in [-0.05, 0) is 0 Å². The van der Waals surface area contributed by atoms with E-state index >= 15 is 0 Å². The lowest BCUT2D eigenvalue weighted by atomic mass is 10.4. The fourth-order valence-electron chi connectivity index (χ4n) is 1.16. The lowest BCUT2D eigenvalue weighted by Crippen LogP contribution is -2.44. The van der Waals surface area contributed by atoms with Gasteiger partial charge in [0.15, 0.2) is 0 Å². The maximum absolute atomic E-state index is 5.76. The van der Waals surface area contributed by atoms with Gasteiger partial charge in [0.1, 0.15) is 0 Å². The first-order valence-corrected chi connectivity index (χ1v) is 6.46. The van der Waals surface area contributed by atoms with Crippen molar-refractivity contribution >= 4 is 8.56 Å². The fraction of sp³-hybridized carbons (Fsp3) is 0.556. The Kier molecular flexibility index (Phi) is 9.02. The molecule has 1 unspecified atom stereocenters. The van der Waals surface area contributed by atoms with Crippen LogP contribution in [-0.2, 0) is 8.85 Å². The van der Waals surface area contributed by atoms with Crippen LogP contribution in [0.15, 0.2) is 25.3 Å². The van der Waals surface area contributed by atoms with Gasteiger partial charge in [-0.25, -0.2) is 0 Å². The van der Waals surface area contributed by atoms with E-state index in [1.807, 2.05) is 6.08 Å². The molecule has 0 fully saturated rings. The Balaban J connectivity index is 0. The van der Waals surface area contributed by atoms with Crippen LogP contribution < -0.4 is 11.9 Å². The maximum Gasteiger partial charge on any atom is 0.343 e. The Hall–Kier alpha value is -0.463. The molecule has 0 heterocycles. The van der Waals surface area contributed by atoms with E-state index in [1.54, 1.807) is 20.3 Å². The predicted molar refractivity (Wildman–Crippen MR) is 62.8 cm³/mol. The molecule has 0 aromatic carbocycles. The molecular weight excluding hydrogens is 196 g/mol. The molecule has 5 heteroatoms. The van der Waals surface area contributed by atoms with Gasteiger partial charge in [-0.2, -0.15) is 0 Å². The molecule has 0 aromatic rings. The zero-order chi connectivity index (χ0) is 10.3. The third-order valence-electron chi connectivity index (χ3n) is 2.05. The van der Waals surface area contributed by atoms with Gasteiger partial charge >= 0.3 is 8.56 Å². The molecular formula is C9H22N2O2Si. The van der Waals surface area contributed by atoms with Crippen LogP contribution in [0.3, 0.4) is 0 Å². The van der Waals surface area contributed by atoms with Crippen LogP contribution in [0.2, 0.25) is 12.1 Å². The third kappa shape index (κ3) is 4.68. The molecule has 0 aromatic heterocycles. The molecule has 0 saturated carbocycles. The molecule has 0 aliphatic carbocycles. The summed E-state index contributed by atoms with van der Waals surface area (Å²) >= 11 is 0. The zero-order valence-corrected chi connectivity index (χ0v) is 10.2. The van der Waals surface area contributed by atoms with Gasteiger partial charge in [0.05, 0.1) is 0 Å². The van der Waals surface area contributed by atoms with E-state index < -0.39 is 8.56 Å². The second-order valence-electron chi connectivity index (χ2n) is 2.92. The van der Waals surface area contributed by atoms with Crippen LogP contribution in [0.5, 0.6) is 0 Å². The average Bonchev–Trinajstić information content (AvgIpc) is 2.17. The quantitative estimate of drug-likeness (QED) is 0.502. The van der Waals surface area contributed by atoms with Crippen molar-refractivity contribution in [3.05, 3.63) is 25.3 Å². The Labute approximate surface area is 87.6 Å². The minimum Gasteiger partial charge on any atom is -0.397 e. The summed E-state index contributed by atoms with van der Waals surface area (Å²) in [6, 6.07) is 1.41. The first kappa shape index (κ1) is 16.0. The molecule has 84 valence electrons. The molecule has 0 bridgehead atoms. The second-order valence-corrected chi connectivity index (χ2v) is 6.37. The van der Waals surface area contributed by atoms with E-state index in [2.05, 4.69) is 13.2 Å². The van der Waals surface area contributed by atoms with Gasteiger partial charge in [-0.15, -0.1) is 13.2 Å². The van der Waals surface area contributed by atoms with Gasteiger partial charge in [0, 0.05) is 32.3 Å². The van der Waals surface area contributed by atoms with Gasteiger partial charge in [0.2, 0.25) is 0 Å². The molecule has 0 rings (SSSR count). The molecule has 1 atom stereocenters. The molecule has 0 spiro atoms. The topological polar surface area (TPSA) is 79.5 Å². The number of allylic oxidation sites excluding steroid dienone is 1. The predicted octanol–water partition coefficient (Wildman–Crippen LogP) is 1.58. The summed E-state index contributed by atoms with van der Waals surface area (Å²) in [6.45, 7) is 7.32. The molecule has 0 radical (unpaired) electrons. The van der Waals surface area contributed by atoms with E-state index in [-0.39, 0.29) is 12.2 Å². The summed E-state index contributed by atoms with van der Waals surface area (Å²) < 4.78 is 10.8. The summed E-state index contributed by atoms with van der Waals surface area (Å²) in [7, 11) is 1.18. The normalized spacial score (nSPS) is 12.8. The van der Waals surface area contributed by atoms with E-state index in [4.69, 9.17) is 14.6 Å². The van der Waals surface area contributed by atoms with Crippen LogP contribution in [-0.4, -0.2) is 28.8 Å². The van der Waals surface area contributed by atoms with Crippen molar-refractivity contribution in [2.24, 2.45) is 5.73 Å². The number of nitrogens with two attached hydrogens (primary N) is 1. The number of hydrogen-bond donors (Lipinski definition) is 2. The van der Waals surface area contributed by atoms with Crippen LogP contribution in [0.1, 0.15) is 0 Å². The van der Waals surface area contributed by atoms with Crippen molar-refractivity contribution < 1.29 is 8.85 Å². The van der Waals surface area contributed by atoms with Crippen molar-refractivity contribution in [1.29, 1.82) is 0 Å². The molecule has 0 aliphatic heterocycles. The van der Waals surface area contributed by atoms with Crippen molar-refractivity contribution in [3.8, 4) is 0 Å². The standard InChI is InChI=1S/C9H19NO2Si.H3N/c1-5-7-13(11-3,12-4)8-9(10)6-2;/h5-6,9H,1-2,7-8,10H2,3-4H3;1H3. The monoisotopic (exact) mass is 218 g/mol. The number of rotatable bonds is 7. The highest BCUT2D eigenvalue weighted by molar-refractivity contribution is 6.68. The molecule has 0 saturated heterocycles. The first-order valence-electron chi connectivity index (χ1n) is 4.23. The SMILES string of the molecule is C=CC[Si](CC(N)C=C)(OC)OC.N. The van der Waals surface area contributed by atoms with Gasteiger partial charge in [0.25, 0.3) is 0 Å². The highest BCUT2D eigenvalue weighted by Crippen LogP contribution is 2.19. The Morgan fingerprint density at radius 1 is 1.36 bits per heavy atom. The molecule has 14 heavy (non-hydrogen) atoms. The van der Waals surface area contributed by atoms with Crippen molar-refractivity contribution in [2.45, 2.75) is 18.1 Å². The fourth-order valence-corrected chi connectivity index (χ4v) is 3.49. The summed E-state index contributed by atoms with van der Waals surface area (Å²) in [5.74, 6) is 0. The average molecular weight is 218 g/mol. The molecule has 4 nitrogen and oxygen atoms in total. The third-order valence-corrected chi connectivity index (χ3v) is 5.54. The van der Waals surface area contributed by atoms with Crippen LogP contribution in [0, 0.1) is 0 Å². The summed E-state index contributed by atoms with van der Waals surface area (Å²) in [4.78, 5) is 0. The highest BCUT2D eigenvalue weighted by atomic mass is 28.4. The van der Waals surface area contributed by atoms with Gasteiger partial charge in [-0.3, -0.25) is 0 Å². The Morgan fingerprint density at radius 3 is 2.14 bits per heavy atom. The smallest absolute Gasteiger partial charge is 0.343 e. The van der Waals surface area contributed by atoms with Crippen molar-refractivity contribution in [2.75, 3.05) is 14.2 Å². The van der Waals surface area contributed by atoms with Crippen molar-refractivity contribution in [1.82, 2.24) is 6.15 Å². The zero-order valence-electron chi connectivity index (χ0n) is 9.16.